The maximum absolute atomic E-state index is 12.3. The van der Waals surface area contributed by atoms with Crippen LogP contribution in [0.1, 0.15) is 24.5 Å². The van der Waals surface area contributed by atoms with Crippen molar-refractivity contribution in [2.24, 2.45) is 11.8 Å². The zero-order valence-electron chi connectivity index (χ0n) is 21.8. The molecule has 3 aliphatic rings. The number of fused-ring (bicyclic) bond motifs is 6. The lowest BCUT2D eigenvalue weighted by atomic mass is 9.70. The number of quaternary nitrogens is 1. The van der Waals surface area contributed by atoms with Crippen LogP contribution in [-0.2, 0) is 0 Å². The molecule has 2 bridgehead atoms. The van der Waals surface area contributed by atoms with E-state index in [-0.39, 0.29) is 6.04 Å². The Hall–Kier alpha value is -3.73. The van der Waals surface area contributed by atoms with Crippen LogP contribution in [-0.4, -0.2) is 36.3 Å². The molecule has 38 heavy (non-hydrogen) atoms. The van der Waals surface area contributed by atoms with E-state index in [1.54, 1.807) is 7.11 Å². The van der Waals surface area contributed by atoms with Crippen molar-refractivity contribution >= 4 is 38.1 Å². The second-order valence-electron chi connectivity index (χ2n) is 11.1. The molecule has 5 atom stereocenters. The fraction of sp³-hybridized carbons (Fsp3) is 0.265. The van der Waals surface area contributed by atoms with E-state index in [2.05, 4.69) is 72.2 Å². The predicted molar refractivity (Wildman–Crippen MR) is 156 cm³/mol. The topological polar surface area (TPSA) is 42.4 Å². The van der Waals surface area contributed by atoms with Crippen LogP contribution in [0, 0.1) is 11.8 Å². The second-order valence-corrected chi connectivity index (χ2v) is 11.1. The molecule has 1 N–H and O–H groups in total. The van der Waals surface area contributed by atoms with Crippen LogP contribution in [0.3, 0.4) is 0 Å². The van der Waals surface area contributed by atoms with Gasteiger partial charge in [-0.1, -0.05) is 42.5 Å². The summed E-state index contributed by atoms with van der Waals surface area (Å²) >= 11 is 0. The number of ether oxygens (including phenoxy) is 1. The Labute approximate surface area is 223 Å². The van der Waals surface area contributed by atoms with E-state index >= 15 is 0 Å². The average Bonchev–Trinajstić information content (AvgIpc) is 2.98. The van der Waals surface area contributed by atoms with Crippen molar-refractivity contribution in [2.45, 2.75) is 25.0 Å². The highest BCUT2D eigenvalue weighted by molar-refractivity contribution is 6.10. The summed E-state index contributed by atoms with van der Waals surface area (Å²) in [6.45, 7) is 6.22. The summed E-state index contributed by atoms with van der Waals surface area (Å²) in [5.41, 5.74) is 3.16. The highest BCUT2D eigenvalue weighted by Gasteiger charge is 2.56. The molecule has 4 heterocycles. The zero-order valence-corrected chi connectivity index (χ0v) is 21.8. The van der Waals surface area contributed by atoms with Crippen LogP contribution in [0.25, 0.3) is 32.4 Å². The summed E-state index contributed by atoms with van der Waals surface area (Å²) < 4.78 is 6.31. The van der Waals surface area contributed by atoms with Crippen LogP contribution in [0.2, 0.25) is 0 Å². The monoisotopic (exact) mass is 501 g/mol. The highest BCUT2D eigenvalue weighted by atomic mass is 16.5. The van der Waals surface area contributed by atoms with Gasteiger partial charge in [-0.3, -0.25) is 9.47 Å². The van der Waals surface area contributed by atoms with Gasteiger partial charge >= 0.3 is 0 Å². The van der Waals surface area contributed by atoms with E-state index in [4.69, 9.17) is 4.74 Å². The van der Waals surface area contributed by atoms with Crippen LogP contribution in [0.15, 0.2) is 97.7 Å². The molecule has 3 saturated heterocycles. The number of rotatable bonds is 5. The number of hydrogen-bond acceptors (Lipinski definition) is 3. The van der Waals surface area contributed by atoms with E-state index in [1.165, 1.54) is 27.2 Å². The predicted octanol–water partition coefficient (Wildman–Crippen LogP) is 7.19. The lowest BCUT2D eigenvalue weighted by molar-refractivity contribution is -0.0380. The molecule has 5 aromatic rings. The van der Waals surface area contributed by atoms with Crippen LogP contribution >= 0.6 is 0 Å². The molecular weight excluding hydrogens is 468 g/mol. The number of nitrogens with zero attached hydrogens (tertiary/aromatic N) is 2. The maximum atomic E-state index is 12.3. The lowest BCUT2D eigenvalue weighted by Crippen LogP contribution is -2.69. The quantitative estimate of drug-likeness (QED) is 0.157. The number of pyridine rings is 1. The van der Waals surface area contributed by atoms with Gasteiger partial charge in [0.1, 0.15) is 23.6 Å². The molecule has 3 aliphatic heterocycles. The van der Waals surface area contributed by atoms with Crippen molar-refractivity contribution in [1.29, 1.82) is 0 Å². The summed E-state index contributed by atoms with van der Waals surface area (Å²) in [5, 5.41) is 18.4. The Morgan fingerprint density at radius 3 is 2.42 bits per heavy atom. The van der Waals surface area contributed by atoms with Gasteiger partial charge in [-0.25, -0.2) is 0 Å². The number of piperidine rings is 3. The Kier molecular flexibility index (Phi) is 5.50. The standard InChI is InChI=1S/C34H33N2O2/c1-3-22-21-36(33-27-10-6-4-8-24(27)18-25-9-5-7-11-28(25)33)17-15-23(22)19-32(36)34(37)29-14-16-35-31-13-12-26(38-2)20-30(29)31/h3-14,16,18,20,22-23,32,34,37H,1,15,17,19,21H2,2H3/q+1/t22-,23-,32-,34+,36+/m0/s1. The first-order chi connectivity index (χ1) is 18.6. The number of aliphatic hydroxyl groups excluding tert-OH is 1. The number of aromatic nitrogens is 1. The average molecular weight is 502 g/mol. The molecule has 0 aliphatic carbocycles. The van der Waals surface area contributed by atoms with Gasteiger partial charge in [-0.15, -0.1) is 6.58 Å². The fourth-order valence-electron chi connectivity index (χ4n) is 7.58. The molecule has 3 fully saturated rings. The van der Waals surface area contributed by atoms with Gasteiger partial charge < -0.3 is 9.84 Å². The Morgan fingerprint density at radius 1 is 0.974 bits per heavy atom. The third kappa shape index (κ3) is 3.40. The minimum Gasteiger partial charge on any atom is -0.497 e. The first-order valence-electron chi connectivity index (χ1n) is 13.6. The summed E-state index contributed by atoms with van der Waals surface area (Å²) in [5.74, 6) is 1.75. The molecule has 4 heteroatoms. The van der Waals surface area contributed by atoms with E-state index < -0.39 is 6.10 Å². The minimum atomic E-state index is -0.640. The van der Waals surface area contributed by atoms with Gasteiger partial charge in [0.15, 0.2) is 0 Å². The number of aliphatic hydroxyl groups is 1. The summed E-state index contributed by atoms with van der Waals surface area (Å²) in [4.78, 5) is 4.59. The zero-order chi connectivity index (χ0) is 25.9. The van der Waals surface area contributed by atoms with Gasteiger partial charge in [0, 0.05) is 41.1 Å². The van der Waals surface area contributed by atoms with Crippen LogP contribution < -0.4 is 9.22 Å². The SMILES string of the molecule is C=C[C@H]1C[N@+]2(c3c4ccccc4cc4ccccc34)CC[C@H]1C[C@H]2[C@H](O)c1ccnc2ccc(OC)cc12. The van der Waals surface area contributed by atoms with E-state index in [9.17, 15) is 5.11 Å². The molecule has 4 aromatic carbocycles. The van der Waals surface area contributed by atoms with Crippen molar-refractivity contribution in [1.82, 2.24) is 9.47 Å². The Balaban J connectivity index is 1.49. The molecule has 0 spiro atoms. The van der Waals surface area contributed by atoms with Crippen molar-refractivity contribution in [3.8, 4) is 5.75 Å². The molecule has 0 amide bonds. The van der Waals surface area contributed by atoms with Gasteiger partial charge in [-0.2, -0.15) is 0 Å². The van der Waals surface area contributed by atoms with Crippen molar-refractivity contribution < 1.29 is 9.84 Å². The molecule has 0 saturated carbocycles. The summed E-state index contributed by atoms with van der Waals surface area (Å²) in [6.07, 6.45) is 5.46. The molecule has 190 valence electrons. The third-order valence-corrected chi connectivity index (χ3v) is 9.38. The number of methoxy groups -OCH3 is 1. The smallest absolute Gasteiger partial charge is 0.149 e. The van der Waals surface area contributed by atoms with Crippen LogP contribution in [0.4, 0.5) is 5.69 Å². The first-order valence-corrected chi connectivity index (χ1v) is 13.6. The second kappa shape index (κ2) is 8.93. The molecule has 0 radical (unpaired) electrons. The van der Waals surface area contributed by atoms with Crippen molar-refractivity contribution in [2.75, 3.05) is 20.2 Å². The largest absolute Gasteiger partial charge is 0.497 e. The number of benzene rings is 4. The molecular formula is C34H33N2O2+. The third-order valence-electron chi connectivity index (χ3n) is 9.38. The van der Waals surface area contributed by atoms with Crippen molar-refractivity contribution in [3.63, 3.8) is 0 Å². The number of hydrogen-bond donors (Lipinski definition) is 1. The lowest BCUT2D eigenvalue weighted by Gasteiger charge is -2.58. The normalized spacial score (nSPS) is 25.6. The van der Waals surface area contributed by atoms with E-state index in [0.29, 0.717) is 11.8 Å². The van der Waals surface area contributed by atoms with Gasteiger partial charge in [0.05, 0.1) is 25.7 Å². The molecule has 4 nitrogen and oxygen atoms in total. The van der Waals surface area contributed by atoms with Crippen molar-refractivity contribution in [3.05, 3.63) is 103 Å². The molecule has 0 unspecified atom stereocenters. The fourth-order valence-corrected chi connectivity index (χ4v) is 7.58. The van der Waals surface area contributed by atoms with E-state index in [1.807, 2.05) is 30.5 Å². The maximum Gasteiger partial charge on any atom is 0.149 e. The summed E-state index contributed by atoms with van der Waals surface area (Å²) in [7, 11) is 1.68. The highest BCUT2D eigenvalue weighted by Crippen LogP contribution is 2.53. The minimum absolute atomic E-state index is 0.0240. The Morgan fingerprint density at radius 2 is 1.71 bits per heavy atom. The first kappa shape index (κ1) is 23.4. The van der Waals surface area contributed by atoms with Crippen LogP contribution in [0.5, 0.6) is 5.75 Å². The van der Waals surface area contributed by atoms with Gasteiger partial charge in [0.25, 0.3) is 0 Å². The van der Waals surface area contributed by atoms with Gasteiger partial charge in [-0.05, 0) is 64.7 Å². The van der Waals surface area contributed by atoms with Gasteiger partial charge in [0.2, 0.25) is 0 Å². The molecule has 8 rings (SSSR count). The molecule has 1 aromatic heterocycles. The summed E-state index contributed by atoms with van der Waals surface area (Å²) in [6, 6.07) is 27.8. The Bertz CT molecular complexity index is 1640. The van der Waals surface area contributed by atoms with E-state index in [0.717, 1.165) is 52.6 Å².